The summed E-state index contributed by atoms with van der Waals surface area (Å²) in [6, 6.07) is 31.0. The van der Waals surface area contributed by atoms with Crippen LogP contribution in [0, 0.1) is 0 Å². The average molecular weight is 546 g/mol. The Hall–Kier alpha value is -3.91. The van der Waals surface area contributed by atoms with Crippen LogP contribution in [0.3, 0.4) is 0 Å². The largest absolute Gasteiger partial charge is 0.271 e. The molecule has 0 unspecified atom stereocenters. The summed E-state index contributed by atoms with van der Waals surface area (Å²) in [5, 5.41) is 5.14. The molecule has 208 valence electrons. The zero-order valence-electron chi connectivity index (χ0n) is 25.9. The first kappa shape index (κ1) is 28.2. The molecule has 0 aliphatic heterocycles. The van der Waals surface area contributed by atoms with E-state index in [9.17, 15) is 0 Å². The highest BCUT2D eigenvalue weighted by Gasteiger charge is 2.39. The van der Waals surface area contributed by atoms with Crippen molar-refractivity contribution in [1.82, 2.24) is 9.97 Å². The normalized spacial score (nSPS) is 13.2. The molecule has 0 fully saturated rings. The lowest BCUT2D eigenvalue weighted by Crippen LogP contribution is -2.55. The van der Waals surface area contributed by atoms with Gasteiger partial charge in [0.05, 0.1) is 0 Å². The van der Waals surface area contributed by atoms with Crippen molar-refractivity contribution in [3.8, 4) is 11.1 Å². The highest BCUT2D eigenvalue weighted by atomic mass is 14.6. The number of fused-ring (bicyclic) bond motifs is 2. The first-order valence-electron chi connectivity index (χ1n) is 15.3. The van der Waals surface area contributed by atoms with Gasteiger partial charge >= 0.3 is 0 Å². The van der Waals surface area contributed by atoms with Crippen LogP contribution in [0.1, 0.15) is 54.4 Å². The molecule has 42 heavy (non-hydrogen) atoms. The SMILES string of the molecule is CC(C)(C)B(c1ccccn1)c1ccc2c(c1-c1c(B(c3ccccn3)C(C)(C)C)ccc3ccccc13)=CCCC=2. The van der Waals surface area contributed by atoms with E-state index in [0.717, 1.165) is 24.0 Å². The van der Waals surface area contributed by atoms with Crippen LogP contribution in [0.25, 0.3) is 34.1 Å². The van der Waals surface area contributed by atoms with Gasteiger partial charge in [-0.25, -0.2) is 0 Å². The fourth-order valence-electron chi connectivity index (χ4n) is 7.08. The maximum absolute atomic E-state index is 4.95. The lowest BCUT2D eigenvalue weighted by Gasteiger charge is -2.33. The second-order valence-electron chi connectivity index (χ2n) is 13.9. The van der Waals surface area contributed by atoms with E-state index < -0.39 is 0 Å². The Balaban J connectivity index is 1.80. The molecule has 2 aromatic heterocycles. The molecule has 0 N–H and O–H groups in total. The molecule has 0 bridgehead atoms. The number of benzene rings is 3. The molecule has 3 aromatic carbocycles. The minimum Gasteiger partial charge on any atom is -0.271 e. The smallest absolute Gasteiger partial charge is 0.239 e. The van der Waals surface area contributed by atoms with Crippen molar-refractivity contribution in [2.75, 3.05) is 0 Å². The second-order valence-corrected chi connectivity index (χ2v) is 13.9. The van der Waals surface area contributed by atoms with Crippen molar-refractivity contribution < 1.29 is 0 Å². The number of rotatable bonds is 5. The summed E-state index contributed by atoms with van der Waals surface area (Å²) in [5.41, 5.74) is 7.60. The summed E-state index contributed by atoms with van der Waals surface area (Å²) < 4.78 is 0. The van der Waals surface area contributed by atoms with Gasteiger partial charge in [0.25, 0.3) is 0 Å². The minimum absolute atomic E-state index is 0.0507. The molecule has 6 rings (SSSR count). The maximum atomic E-state index is 4.95. The standard InChI is InChI=1S/C38H40B2N2/c1-37(2,3)39(33-19-11-13-25-41-33)31-23-21-27-15-7-9-17-29(27)35(31)36-30-18-10-8-16-28(30)22-24-32(36)40(38(4,5)6)34-20-12-14-26-42-34/h7,9,11-26H,8,10H2,1-6H3. The first-order valence-corrected chi connectivity index (χ1v) is 15.3. The third kappa shape index (κ3) is 5.24. The topological polar surface area (TPSA) is 25.8 Å². The zero-order valence-corrected chi connectivity index (χ0v) is 25.9. The van der Waals surface area contributed by atoms with Crippen molar-refractivity contribution in [3.63, 3.8) is 0 Å². The monoisotopic (exact) mass is 546 g/mol. The molecule has 0 saturated heterocycles. The number of hydrogen-bond acceptors (Lipinski definition) is 2. The summed E-state index contributed by atoms with van der Waals surface area (Å²) in [7, 11) is 0. The Morgan fingerprint density at radius 1 is 0.548 bits per heavy atom. The van der Waals surface area contributed by atoms with Crippen LogP contribution >= 0.6 is 0 Å². The van der Waals surface area contributed by atoms with E-state index in [0.29, 0.717) is 0 Å². The van der Waals surface area contributed by atoms with E-state index in [4.69, 9.17) is 9.97 Å². The van der Waals surface area contributed by atoms with E-state index in [1.165, 1.54) is 43.3 Å². The van der Waals surface area contributed by atoms with E-state index in [-0.39, 0.29) is 24.1 Å². The molecule has 0 saturated carbocycles. The van der Waals surface area contributed by atoms with Crippen molar-refractivity contribution in [3.05, 3.63) is 108 Å². The number of pyridine rings is 2. The van der Waals surface area contributed by atoms with Crippen molar-refractivity contribution in [2.24, 2.45) is 0 Å². The van der Waals surface area contributed by atoms with Gasteiger partial charge in [-0.05, 0) is 80.1 Å². The van der Waals surface area contributed by atoms with Crippen molar-refractivity contribution >= 4 is 58.5 Å². The van der Waals surface area contributed by atoms with Gasteiger partial charge in [0.2, 0.25) is 13.4 Å². The molecule has 0 radical (unpaired) electrons. The third-order valence-electron chi connectivity index (χ3n) is 8.72. The number of hydrogen-bond donors (Lipinski definition) is 0. The Morgan fingerprint density at radius 2 is 1.10 bits per heavy atom. The molecule has 4 heteroatoms. The lowest BCUT2D eigenvalue weighted by molar-refractivity contribution is 0.748. The van der Waals surface area contributed by atoms with Crippen LogP contribution in [-0.4, -0.2) is 23.4 Å². The number of aromatic nitrogens is 2. The van der Waals surface area contributed by atoms with Crippen LogP contribution in [0.5, 0.6) is 0 Å². The van der Waals surface area contributed by atoms with Gasteiger partial charge in [0.1, 0.15) is 0 Å². The molecule has 2 nitrogen and oxygen atoms in total. The molecule has 0 amide bonds. The van der Waals surface area contributed by atoms with Gasteiger partial charge in [0.15, 0.2) is 0 Å². The van der Waals surface area contributed by atoms with Gasteiger partial charge in [-0.2, -0.15) is 0 Å². The lowest BCUT2D eigenvalue weighted by atomic mass is 9.27. The molecule has 1 aliphatic rings. The van der Waals surface area contributed by atoms with Crippen LogP contribution in [-0.2, 0) is 0 Å². The third-order valence-corrected chi connectivity index (χ3v) is 8.72. The molecular weight excluding hydrogens is 506 g/mol. The Morgan fingerprint density at radius 3 is 1.69 bits per heavy atom. The Bertz CT molecular complexity index is 1850. The molecule has 5 aromatic rings. The summed E-state index contributed by atoms with van der Waals surface area (Å²) >= 11 is 0. The van der Waals surface area contributed by atoms with Crippen LogP contribution in [0.15, 0.2) is 97.3 Å². The highest BCUT2D eigenvalue weighted by molar-refractivity contribution is 6.89. The molecule has 0 atom stereocenters. The molecule has 1 aliphatic carbocycles. The molecule has 0 spiro atoms. The van der Waals surface area contributed by atoms with Gasteiger partial charge in [0, 0.05) is 23.6 Å². The van der Waals surface area contributed by atoms with Crippen LogP contribution < -0.4 is 32.5 Å². The molecular formula is C38H40B2N2. The van der Waals surface area contributed by atoms with Crippen LogP contribution in [0.4, 0.5) is 0 Å². The minimum atomic E-state index is -0.0547. The average Bonchev–Trinajstić information content (AvgIpc) is 2.97. The predicted molar refractivity (Wildman–Crippen MR) is 185 cm³/mol. The zero-order chi connectivity index (χ0) is 29.5. The summed E-state index contributed by atoms with van der Waals surface area (Å²) in [5.74, 6) is 0. The van der Waals surface area contributed by atoms with E-state index >= 15 is 0 Å². The molecule has 2 heterocycles. The first-order chi connectivity index (χ1) is 20.1. The van der Waals surface area contributed by atoms with Gasteiger partial charge in [-0.3, -0.25) is 9.97 Å². The Labute approximate surface area is 251 Å². The second kappa shape index (κ2) is 11.1. The Kier molecular flexibility index (Phi) is 7.43. The summed E-state index contributed by atoms with van der Waals surface area (Å²) in [6.07, 6.45) is 10.9. The predicted octanol–water partition coefficient (Wildman–Crippen LogP) is 5.47. The van der Waals surface area contributed by atoms with E-state index in [1.54, 1.807) is 0 Å². The van der Waals surface area contributed by atoms with Crippen molar-refractivity contribution in [2.45, 2.75) is 65.0 Å². The van der Waals surface area contributed by atoms with Gasteiger partial charge in [-0.1, -0.05) is 125 Å². The maximum Gasteiger partial charge on any atom is 0.239 e. The van der Waals surface area contributed by atoms with Gasteiger partial charge < -0.3 is 0 Å². The summed E-state index contributed by atoms with van der Waals surface area (Å²) in [4.78, 5) is 9.89. The quantitative estimate of drug-likeness (QED) is 0.274. The van der Waals surface area contributed by atoms with E-state index in [2.05, 4.69) is 126 Å². The fraction of sp³-hybridized carbons (Fsp3) is 0.263. The highest BCUT2D eigenvalue weighted by Crippen LogP contribution is 2.34. The van der Waals surface area contributed by atoms with Crippen molar-refractivity contribution in [1.29, 1.82) is 0 Å². The van der Waals surface area contributed by atoms with Crippen LogP contribution in [0.2, 0.25) is 10.6 Å². The fourth-order valence-corrected chi connectivity index (χ4v) is 7.08. The van der Waals surface area contributed by atoms with E-state index in [1.807, 2.05) is 24.5 Å². The number of nitrogens with zero attached hydrogens (tertiary/aromatic N) is 2. The van der Waals surface area contributed by atoms with Gasteiger partial charge in [-0.15, -0.1) is 0 Å². The summed E-state index contributed by atoms with van der Waals surface area (Å²) in [6.45, 7) is 14.3.